The van der Waals surface area contributed by atoms with Crippen molar-refractivity contribution in [1.29, 1.82) is 0 Å². The standard InChI is InChI=1S/C11H15F3N2O3S.C7H14.CH2O/c1-19-10-4-2-3-9-8(10)7-16(6-5-15-9)20(17,18)11(12,13)14;1-2-7-5-3-4-6-7;1-2/h3,15H,2,4-7H2,1H3;7H,2-6H2,1H3;1H2. The fourth-order valence-corrected chi connectivity index (χ4v) is 4.61. The predicted molar refractivity (Wildman–Crippen MR) is 105 cm³/mol. The molecule has 0 aromatic rings. The van der Waals surface area contributed by atoms with E-state index < -0.39 is 15.5 Å². The van der Waals surface area contributed by atoms with Gasteiger partial charge in [0.2, 0.25) is 0 Å². The van der Waals surface area contributed by atoms with Crippen molar-refractivity contribution in [3.63, 3.8) is 0 Å². The second kappa shape index (κ2) is 11.6. The van der Waals surface area contributed by atoms with Crippen LogP contribution >= 0.6 is 0 Å². The molecule has 6 nitrogen and oxygen atoms in total. The Labute approximate surface area is 171 Å². The molecule has 1 heterocycles. The molecule has 3 aliphatic rings. The number of nitrogens with one attached hydrogen (secondary N) is 1. The van der Waals surface area contributed by atoms with E-state index in [1.165, 1.54) is 39.2 Å². The highest BCUT2D eigenvalue weighted by Gasteiger charge is 2.50. The molecule has 0 atom stereocenters. The molecule has 29 heavy (non-hydrogen) atoms. The van der Waals surface area contributed by atoms with Crippen LogP contribution in [-0.4, -0.2) is 51.8 Å². The van der Waals surface area contributed by atoms with Crippen LogP contribution in [0.1, 0.15) is 51.9 Å². The second-order valence-electron chi connectivity index (χ2n) is 7.03. The molecule has 1 saturated heterocycles. The Hall–Kier alpha value is -1.55. The van der Waals surface area contributed by atoms with E-state index in [2.05, 4.69) is 12.2 Å². The molecule has 168 valence electrons. The number of carbonyl (C=O) groups excluding carboxylic acids is 1. The number of fused-ring (bicyclic) bond motifs is 1. The first-order chi connectivity index (χ1) is 13.7. The lowest BCUT2D eigenvalue weighted by Gasteiger charge is -2.24. The van der Waals surface area contributed by atoms with Crippen molar-refractivity contribution in [2.75, 3.05) is 26.7 Å². The van der Waals surface area contributed by atoms with Crippen LogP contribution in [0.25, 0.3) is 0 Å². The van der Waals surface area contributed by atoms with Gasteiger partial charge < -0.3 is 14.8 Å². The summed E-state index contributed by atoms with van der Waals surface area (Å²) in [7, 11) is -3.90. The number of hydrogen-bond acceptors (Lipinski definition) is 5. The summed E-state index contributed by atoms with van der Waals surface area (Å²) in [5.74, 6) is 1.62. The Morgan fingerprint density at radius 2 is 1.90 bits per heavy atom. The number of hydrogen-bond donors (Lipinski definition) is 1. The number of carbonyl (C=O) groups is 1. The van der Waals surface area contributed by atoms with Crippen LogP contribution in [-0.2, 0) is 19.6 Å². The van der Waals surface area contributed by atoms with Crippen LogP contribution in [0.4, 0.5) is 13.2 Å². The molecule has 0 aromatic carbocycles. The highest BCUT2D eigenvalue weighted by Crippen LogP contribution is 2.32. The fourth-order valence-electron chi connectivity index (χ4n) is 3.69. The predicted octanol–water partition coefficient (Wildman–Crippen LogP) is 3.72. The van der Waals surface area contributed by atoms with Crippen LogP contribution in [0.15, 0.2) is 23.1 Å². The van der Waals surface area contributed by atoms with E-state index in [1.54, 1.807) is 0 Å². The minimum Gasteiger partial charge on any atom is -0.501 e. The van der Waals surface area contributed by atoms with Crippen molar-refractivity contribution in [3.8, 4) is 0 Å². The Morgan fingerprint density at radius 3 is 2.38 bits per heavy atom. The van der Waals surface area contributed by atoms with Crippen LogP contribution in [0.3, 0.4) is 0 Å². The van der Waals surface area contributed by atoms with Gasteiger partial charge in [-0.2, -0.15) is 17.5 Å². The SMILES string of the molecule is C=O.CCC1CCCC1.COC1=C2CN(S(=O)(=O)C(F)(F)F)CCNC2=CCC1. The summed E-state index contributed by atoms with van der Waals surface area (Å²) in [5, 5.41) is 2.95. The zero-order valence-corrected chi connectivity index (χ0v) is 17.9. The van der Waals surface area contributed by atoms with Crippen molar-refractivity contribution in [3.05, 3.63) is 23.1 Å². The van der Waals surface area contributed by atoms with Gasteiger partial charge in [0.25, 0.3) is 0 Å². The molecule has 0 amide bonds. The van der Waals surface area contributed by atoms with E-state index in [1.807, 2.05) is 12.9 Å². The summed E-state index contributed by atoms with van der Waals surface area (Å²) in [6.07, 6.45) is 10.5. The zero-order chi connectivity index (χ0) is 22.1. The smallest absolute Gasteiger partial charge is 0.501 e. The lowest BCUT2D eigenvalue weighted by molar-refractivity contribution is -0.0980. The molecule has 0 aromatic heterocycles. The molecule has 0 bridgehead atoms. The number of alkyl halides is 3. The first-order valence-electron chi connectivity index (χ1n) is 9.76. The summed E-state index contributed by atoms with van der Waals surface area (Å²) in [6.45, 7) is 3.86. The highest BCUT2D eigenvalue weighted by atomic mass is 32.2. The number of ether oxygens (including phenoxy) is 1. The molecule has 3 rings (SSSR count). The summed E-state index contributed by atoms with van der Waals surface area (Å²) < 4.78 is 66.6. The average Bonchev–Trinajstić information content (AvgIpc) is 3.13. The molecule has 2 aliphatic carbocycles. The molecule has 10 heteroatoms. The van der Waals surface area contributed by atoms with Crippen LogP contribution in [0, 0.1) is 5.92 Å². The van der Waals surface area contributed by atoms with Crippen LogP contribution in [0.2, 0.25) is 0 Å². The van der Waals surface area contributed by atoms with Crippen molar-refractivity contribution in [2.45, 2.75) is 57.4 Å². The maximum absolute atomic E-state index is 12.6. The molecule has 0 spiro atoms. The van der Waals surface area contributed by atoms with Crippen molar-refractivity contribution < 1.29 is 31.1 Å². The molecule has 0 radical (unpaired) electrons. The number of sulfonamides is 1. The van der Waals surface area contributed by atoms with Crippen molar-refractivity contribution >= 4 is 16.8 Å². The van der Waals surface area contributed by atoms with E-state index >= 15 is 0 Å². The van der Waals surface area contributed by atoms with E-state index in [9.17, 15) is 21.6 Å². The van der Waals surface area contributed by atoms with Gasteiger partial charge in [0.15, 0.2) is 0 Å². The van der Waals surface area contributed by atoms with E-state index in [4.69, 9.17) is 9.53 Å². The van der Waals surface area contributed by atoms with Crippen LogP contribution in [0.5, 0.6) is 0 Å². The zero-order valence-electron chi connectivity index (χ0n) is 17.1. The van der Waals surface area contributed by atoms with Gasteiger partial charge in [-0.25, -0.2) is 8.42 Å². The van der Waals surface area contributed by atoms with Gasteiger partial charge in [0.05, 0.1) is 7.11 Å². The van der Waals surface area contributed by atoms with Crippen molar-refractivity contribution in [1.82, 2.24) is 9.62 Å². The van der Waals surface area contributed by atoms with E-state index in [0.29, 0.717) is 34.2 Å². The highest BCUT2D eigenvalue weighted by molar-refractivity contribution is 7.90. The lowest BCUT2D eigenvalue weighted by Crippen LogP contribution is -2.42. The van der Waals surface area contributed by atoms with E-state index in [0.717, 1.165) is 5.92 Å². The van der Waals surface area contributed by atoms with Gasteiger partial charge in [-0.3, -0.25) is 0 Å². The Balaban J connectivity index is 0.000000390. The lowest BCUT2D eigenvalue weighted by atomic mass is 10.0. The molecule has 1 saturated carbocycles. The van der Waals surface area contributed by atoms with Gasteiger partial charge in [-0.1, -0.05) is 45.1 Å². The maximum Gasteiger partial charge on any atom is 0.511 e. The maximum atomic E-state index is 12.6. The molecule has 0 unspecified atom stereocenters. The molecule has 1 N–H and O–H groups in total. The van der Waals surface area contributed by atoms with Gasteiger partial charge in [0.1, 0.15) is 12.5 Å². The molecule has 1 aliphatic heterocycles. The number of halogens is 3. The normalized spacial score (nSPS) is 20.8. The minimum atomic E-state index is -5.33. The summed E-state index contributed by atoms with van der Waals surface area (Å²) in [4.78, 5) is 8.00. The molecular weight excluding hydrogens is 409 g/mol. The van der Waals surface area contributed by atoms with E-state index in [-0.39, 0.29) is 19.6 Å². The number of methoxy groups -OCH3 is 1. The molecular formula is C19H31F3N2O4S. The van der Waals surface area contributed by atoms with Gasteiger partial charge in [-0.05, 0) is 12.3 Å². The van der Waals surface area contributed by atoms with Gasteiger partial charge >= 0.3 is 15.5 Å². The average molecular weight is 441 g/mol. The number of allylic oxidation sites excluding steroid dienone is 2. The number of nitrogens with zero attached hydrogens (tertiary/aromatic N) is 1. The second-order valence-corrected chi connectivity index (χ2v) is 8.96. The van der Waals surface area contributed by atoms with Crippen LogP contribution < -0.4 is 5.32 Å². The Morgan fingerprint density at radius 1 is 1.28 bits per heavy atom. The summed E-state index contributed by atoms with van der Waals surface area (Å²) in [5.41, 5.74) is -4.15. The third-order valence-electron chi connectivity index (χ3n) is 5.32. The monoisotopic (exact) mass is 440 g/mol. The number of rotatable bonds is 3. The fraction of sp³-hybridized carbons (Fsp3) is 0.737. The largest absolute Gasteiger partial charge is 0.511 e. The summed E-state index contributed by atoms with van der Waals surface area (Å²) >= 11 is 0. The first-order valence-corrected chi connectivity index (χ1v) is 11.2. The molecule has 2 fully saturated rings. The Bertz CT molecular complexity index is 684. The van der Waals surface area contributed by atoms with Crippen molar-refractivity contribution in [2.24, 2.45) is 5.92 Å². The quantitative estimate of drug-likeness (QED) is 0.724. The first kappa shape index (κ1) is 25.5. The third-order valence-corrected chi connectivity index (χ3v) is 6.90. The topological polar surface area (TPSA) is 75.7 Å². The van der Waals surface area contributed by atoms with Gasteiger partial charge in [0, 0.05) is 37.3 Å². The summed E-state index contributed by atoms with van der Waals surface area (Å²) in [6, 6.07) is 0. The third kappa shape index (κ3) is 6.74. The Kier molecular flexibility index (Phi) is 10.2. The van der Waals surface area contributed by atoms with Gasteiger partial charge in [-0.15, -0.1) is 0 Å². The minimum absolute atomic E-state index is 0.127.